The lowest BCUT2D eigenvalue weighted by Crippen LogP contribution is -2.17. The molecule has 1 aromatic heterocycles. The predicted molar refractivity (Wildman–Crippen MR) is 76.5 cm³/mol. The monoisotopic (exact) mass is 252 g/mol. The van der Waals surface area contributed by atoms with E-state index in [2.05, 4.69) is 31.8 Å². The smallest absolute Gasteiger partial charge is 0.0989 e. The van der Waals surface area contributed by atoms with Crippen molar-refractivity contribution in [3.05, 3.63) is 23.4 Å². The molecular weight excluding hydrogens is 228 g/mol. The van der Waals surface area contributed by atoms with Gasteiger partial charge in [0.1, 0.15) is 0 Å². The molecule has 0 aliphatic heterocycles. The van der Waals surface area contributed by atoms with Crippen LogP contribution in [0.3, 0.4) is 0 Å². The Morgan fingerprint density at radius 1 is 1.35 bits per heavy atom. The van der Waals surface area contributed by atoms with Crippen LogP contribution in [-0.2, 0) is 6.42 Å². The highest BCUT2D eigenvalue weighted by atomic mass is 32.2. The SMILES string of the molecule is Cc1cc(CC(C)N)cnc1SCCC(C)C. The summed E-state index contributed by atoms with van der Waals surface area (Å²) in [5, 5.41) is 1.17. The van der Waals surface area contributed by atoms with E-state index < -0.39 is 0 Å². The van der Waals surface area contributed by atoms with Gasteiger partial charge in [-0.15, -0.1) is 11.8 Å². The number of hydrogen-bond acceptors (Lipinski definition) is 3. The van der Waals surface area contributed by atoms with Gasteiger partial charge in [-0.05, 0) is 49.5 Å². The van der Waals surface area contributed by atoms with Crippen LogP contribution in [-0.4, -0.2) is 16.8 Å². The van der Waals surface area contributed by atoms with Crippen molar-refractivity contribution in [2.45, 2.75) is 51.6 Å². The zero-order chi connectivity index (χ0) is 12.8. The van der Waals surface area contributed by atoms with E-state index in [4.69, 9.17) is 5.73 Å². The summed E-state index contributed by atoms with van der Waals surface area (Å²) in [7, 11) is 0. The number of nitrogens with zero attached hydrogens (tertiary/aromatic N) is 1. The summed E-state index contributed by atoms with van der Waals surface area (Å²) < 4.78 is 0. The summed E-state index contributed by atoms with van der Waals surface area (Å²) in [5.41, 5.74) is 8.31. The molecule has 17 heavy (non-hydrogen) atoms. The van der Waals surface area contributed by atoms with Crippen LogP contribution in [0.4, 0.5) is 0 Å². The van der Waals surface area contributed by atoms with Crippen LogP contribution >= 0.6 is 11.8 Å². The van der Waals surface area contributed by atoms with Gasteiger partial charge in [-0.3, -0.25) is 0 Å². The van der Waals surface area contributed by atoms with Crippen molar-refractivity contribution >= 4 is 11.8 Å². The Morgan fingerprint density at radius 2 is 2.06 bits per heavy atom. The van der Waals surface area contributed by atoms with Crippen molar-refractivity contribution in [3.8, 4) is 0 Å². The topological polar surface area (TPSA) is 38.9 Å². The fourth-order valence-electron chi connectivity index (χ4n) is 1.65. The third-order valence-corrected chi connectivity index (χ3v) is 3.72. The zero-order valence-corrected chi connectivity index (χ0v) is 12.2. The Hall–Kier alpha value is -0.540. The minimum Gasteiger partial charge on any atom is -0.328 e. The molecule has 0 aliphatic carbocycles. The lowest BCUT2D eigenvalue weighted by Gasteiger charge is -2.09. The molecule has 0 aromatic carbocycles. The number of nitrogens with two attached hydrogens (primary N) is 1. The van der Waals surface area contributed by atoms with E-state index >= 15 is 0 Å². The normalized spacial score (nSPS) is 13.1. The maximum Gasteiger partial charge on any atom is 0.0989 e. The Morgan fingerprint density at radius 3 is 2.59 bits per heavy atom. The van der Waals surface area contributed by atoms with Gasteiger partial charge in [0.15, 0.2) is 0 Å². The van der Waals surface area contributed by atoms with E-state index in [0.717, 1.165) is 18.1 Å². The molecule has 1 rings (SSSR count). The van der Waals surface area contributed by atoms with Crippen LogP contribution in [0.25, 0.3) is 0 Å². The van der Waals surface area contributed by atoms with Gasteiger partial charge < -0.3 is 5.73 Å². The Balaban J connectivity index is 2.57. The average molecular weight is 252 g/mol. The summed E-state index contributed by atoms with van der Waals surface area (Å²) in [6.45, 7) is 8.68. The van der Waals surface area contributed by atoms with Crippen LogP contribution < -0.4 is 5.73 Å². The zero-order valence-electron chi connectivity index (χ0n) is 11.4. The quantitative estimate of drug-likeness (QED) is 0.789. The van der Waals surface area contributed by atoms with Crippen molar-refractivity contribution in [2.75, 3.05) is 5.75 Å². The first-order chi connectivity index (χ1) is 7.99. The molecule has 0 bridgehead atoms. The molecular formula is C14H24N2S. The highest BCUT2D eigenvalue weighted by molar-refractivity contribution is 7.99. The second-order valence-corrected chi connectivity index (χ2v) is 6.26. The lowest BCUT2D eigenvalue weighted by molar-refractivity contribution is 0.632. The van der Waals surface area contributed by atoms with Gasteiger partial charge >= 0.3 is 0 Å². The van der Waals surface area contributed by atoms with Crippen molar-refractivity contribution < 1.29 is 0 Å². The fourth-order valence-corrected chi connectivity index (χ4v) is 2.84. The number of pyridine rings is 1. The van der Waals surface area contributed by atoms with Crippen molar-refractivity contribution in [1.29, 1.82) is 0 Å². The molecule has 0 radical (unpaired) electrons. The van der Waals surface area contributed by atoms with Crippen LogP contribution in [0.5, 0.6) is 0 Å². The van der Waals surface area contributed by atoms with Crippen molar-refractivity contribution in [3.63, 3.8) is 0 Å². The first-order valence-corrected chi connectivity index (χ1v) is 7.31. The van der Waals surface area contributed by atoms with Gasteiger partial charge in [-0.1, -0.05) is 19.9 Å². The van der Waals surface area contributed by atoms with E-state index in [1.807, 2.05) is 24.9 Å². The minimum absolute atomic E-state index is 0.204. The Labute approximate surface area is 109 Å². The molecule has 1 aromatic rings. The molecule has 1 heterocycles. The molecule has 3 heteroatoms. The number of aryl methyl sites for hydroxylation is 1. The maximum atomic E-state index is 5.79. The maximum absolute atomic E-state index is 5.79. The van der Waals surface area contributed by atoms with E-state index in [1.54, 1.807) is 0 Å². The molecule has 1 atom stereocenters. The van der Waals surface area contributed by atoms with Crippen molar-refractivity contribution in [2.24, 2.45) is 11.7 Å². The largest absolute Gasteiger partial charge is 0.328 e. The molecule has 2 nitrogen and oxygen atoms in total. The molecule has 0 spiro atoms. The number of thioether (sulfide) groups is 1. The number of hydrogen-bond donors (Lipinski definition) is 1. The average Bonchev–Trinajstić information content (AvgIpc) is 2.20. The van der Waals surface area contributed by atoms with Gasteiger partial charge in [0, 0.05) is 12.2 Å². The Bertz CT molecular complexity index is 348. The highest BCUT2D eigenvalue weighted by Gasteiger charge is 2.05. The summed E-state index contributed by atoms with van der Waals surface area (Å²) in [6.07, 6.45) is 4.12. The van der Waals surface area contributed by atoms with Gasteiger partial charge in [-0.2, -0.15) is 0 Å². The molecule has 0 fully saturated rings. The molecule has 96 valence electrons. The van der Waals surface area contributed by atoms with E-state index in [-0.39, 0.29) is 6.04 Å². The molecule has 1 unspecified atom stereocenters. The van der Waals surface area contributed by atoms with Gasteiger partial charge in [-0.25, -0.2) is 4.98 Å². The fraction of sp³-hybridized carbons (Fsp3) is 0.643. The predicted octanol–water partition coefficient (Wildman–Crippen LogP) is 3.42. The second-order valence-electron chi connectivity index (χ2n) is 5.18. The van der Waals surface area contributed by atoms with Gasteiger partial charge in [0.25, 0.3) is 0 Å². The molecule has 0 amide bonds. The lowest BCUT2D eigenvalue weighted by atomic mass is 10.1. The summed E-state index contributed by atoms with van der Waals surface area (Å²) in [5.74, 6) is 1.91. The summed E-state index contributed by atoms with van der Waals surface area (Å²) in [6, 6.07) is 2.42. The highest BCUT2D eigenvalue weighted by Crippen LogP contribution is 2.22. The molecule has 0 saturated heterocycles. The van der Waals surface area contributed by atoms with Crippen molar-refractivity contribution in [1.82, 2.24) is 4.98 Å². The first-order valence-electron chi connectivity index (χ1n) is 6.33. The van der Waals surface area contributed by atoms with Crippen LogP contribution in [0.1, 0.15) is 38.3 Å². The van der Waals surface area contributed by atoms with E-state index in [1.165, 1.54) is 22.6 Å². The van der Waals surface area contributed by atoms with Gasteiger partial charge in [0.05, 0.1) is 5.03 Å². The number of rotatable bonds is 6. The third-order valence-electron chi connectivity index (χ3n) is 2.58. The molecule has 0 aliphatic rings. The second kappa shape index (κ2) is 7.02. The number of aromatic nitrogens is 1. The molecule has 0 saturated carbocycles. The van der Waals surface area contributed by atoms with E-state index in [9.17, 15) is 0 Å². The Kier molecular flexibility index (Phi) is 6.00. The third kappa shape index (κ3) is 5.55. The standard InChI is InChI=1S/C14H24N2S/c1-10(2)5-6-17-14-11(3)7-13(9-16-14)8-12(4)15/h7,9-10,12H,5-6,8,15H2,1-4H3. The summed E-state index contributed by atoms with van der Waals surface area (Å²) >= 11 is 1.86. The minimum atomic E-state index is 0.204. The van der Waals surface area contributed by atoms with Gasteiger partial charge in [0.2, 0.25) is 0 Å². The van der Waals surface area contributed by atoms with E-state index in [0.29, 0.717) is 0 Å². The summed E-state index contributed by atoms with van der Waals surface area (Å²) in [4.78, 5) is 4.54. The first kappa shape index (κ1) is 14.5. The van der Waals surface area contributed by atoms with Crippen LogP contribution in [0, 0.1) is 12.8 Å². The molecule has 2 N–H and O–H groups in total. The van der Waals surface area contributed by atoms with Crippen LogP contribution in [0.15, 0.2) is 17.3 Å². The van der Waals surface area contributed by atoms with Crippen LogP contribution in [0.2, 0.25) is 0 Å².